The molecule has 1 atom stereocenters. The summed E-state index contributed by atoms with van der Waals surface area (Å²) >= 11 is 0. The first-order valence-electron chi connectivity index (χ1n) is 7.50. The maximum Gasteiger partial charge on any atom is 0.180 e. The Bertz CT molecular complexity index is 613. The van der Waals surface area contributed by atoms with E-state index in [1.165, 1.54) is 6.42 Å². The van der Waals surface area contributed by atoms with E-state index in [-0.39, 0.29) is 5.78 Å². The summed E-state index contributed by atoms with van der Waals surface area (Å²) in [6, 6.07) is 7.66. The van der Waals surface area contributed by atoms with Crippen molar-refractivity contribution in [1.82, 2.24) is 4.90 Å². The highest BCUT2D eigenvalue weighted by Gasteiger charge is 2.19. The van der Waals surface area contributed by atoms with Crippen LogP contribution in [0.2, 0.25) is 0 Å². The molecule has 1 aromatic carbocycles. The fourth-order valence-corrected chi connectivity index (χ4v) is 2.98. The molecule has 1 fully saturated rings. The van der Waals surface area contributed by atoms with Crippen LogP contribution in [0, 0.1) is 5.92 Å². The molecule has 0 spiro atoms. The Morgan fingerprint density at radius 2 is 2.24 bits per heavy atom. The number of hydrogen-bond acceptors (Lipinski definition) is 4. The molecular formula is C17H21NO3. The average molecular weight is 287 g/mol. The van der Waals surface area contributed by atoms with Gasteiger partial charge in [-0.05, 0) is 31.9 Å². The Morgan fingerprint density at radius 1 is 1.38 bits per heavy atom. The van der Waals surface area contributed by atoms with Gasteiger partial charge in [0.2, 0.25) is 0 Å². The molecule has 0 saturated carbocycles. The average Bonchev–Trinajstić information content (AvgIpc) is 2.92. The monoisotopic (exact) mass is 287 g/mol. The fraction of sp³-hybridized carbons (Fsp3) is 0.471. The SMILES string of the molecule is CN(CC(=O)c1coc2ccccc12)CC1CCCOC1. The Labute approximate surface area is 124 Å². The van der Waals surface area contributed by atoms with Gasteiger partial charge in [0.15, 0.2) is 5.78 Å². The van der Waals surface area contributed by atoms with Gasteiger partial charge in [0, 0.05) is 18.5 Å². The topological polar surface area (TPSA) is 42.7 Å². The zero-order chi connectivity index (χ0) is 14.7. The van der Waals surface area contributed by atoms with Crippen LogP contribution in [0.4, 0.5) is 0 Å². The van der Waals surface area contributed by atoms with E-state index in [1.807, 2.05) is 31.3 Å². The number of likely N-dealkylation sites (N-methyl/N-ethyl adjacent to an activating group) is 1. The van der Waals surface area contributed by atoms with Gasteiger partial charge in [-0.25, -0.2) is 0 Å². The minimum absolute atomic E-state index is 0.110. The lowest BCUT2D eigenvalue weighted by molar-refractivity contribution is 0.0416. The van der Waals surface area contributed by atoms with Gasteiger partial charge >= 0.3 is 0 Å². The maximum atomic E-state index is 12.4. The minimum atomic E-state index is 0.110. The van der Waals surface area contributed by atoms with E-state index in [2.05, 4.69) is 4.90 Å². The number of Topliss-reactive ketones (excluding diaryl/α,β-unsaturated/α-hetero) is 1. The van der Waals surface area contributed by atoms with Crippen molar-refractivity contribution in [3.05, 3.63) is 36.1 Å². The molecule has 0 bridgehead atoms. The molecule has 1 aliphatic heterocycles. The van der Waals surface area contributed by atoms with E-state index < -0.39 is 0 Å². The molecular weight excluding hydrogens is 266 g/mol. The molecule has 3 rings (SSSR count). The third kappa shape index (κ3) is 3.34. The quantitative estimate of drug-likeness (QED) is 0.793. The summed E-state index contributed by atoms with van der Waals surface area (Å²) < 4.78 is 10.9. The van der Waals surface area contributed by atoms with E-state index in [0.29, 0.717) is 18.0 Å². The van der Waals surface area contributed by atoms with Gasteiger partial charge < -0.3 is 9.15 Å². The van der Waals surface area contributed by atoms with Crippen molar-refractivity contribution in [2.45, 2.75) is 12.8 Å². The van der Waals surface area contributed by atoms with E-state index >= 15 is 0 Å². The van der Waals surface area contributed by atoms with Crippen LogP contribution in [-0.2, 0) is 4.74 Å². The first-order valence-corrected chi connectivity index (χ1v) is 7.50. The normalized spacial score (nSPS) is 19.2. The molecule has 1 aliphatic rings. The summed E-state index contributed by atoms with van der Waals surface area (Å²) in [5.74, 6) is 0.650. The second-order valence-corrected chi connectivity index (χ2v) is 5.85. The predicted octanol–water partition coefficient (Wildman–Crippen LogP) is 2.97. The predicted molar refractivity (Wildman–Crippen MR) is 81.6 cm³/mol. The standard InChI is InChI=1S/C17H21NO3/c1-18(9-13-5-4-8-20-11-13)10-16(19)15-12-21-17-7-3-2-6-14(15)17/h2-3,6-7,12-13H,4-5,8-11H2,1H3. The Morgan fingerprint density at radius 3 is 3.05 bits per heavy atom. The van der Waals surface area contributed by atoms with E-state index in [4.69, 9.17) is 9.15 Å². The molecule has 2 heterocycles. The molecule has 1 saturated heterocycles. The van der Waals surface area contributed by atoms with Gasteiger partial charge in [0.25, 0.3) is 0 Å². The molecule has 112 valence electrons. The molecule has 0 amide bonds. The smallest absolute Gasteiger partial charge is 0.180 e. The molecule has 1 aromatic heterocycles. The summed E-state index contributed by atoms with van der Waals surface area (Å²) in [5.41, 5.74) is 1.45. The van der Waals surface area contributed by atoms with Gasteiger partial charge in [0.1, 0.15) is 11.8 Å². The molecule has 4 nitrogen and oxygen atoms in total. The third-order valence-electron chi connectivity index (χ3n) is 4.02. The molecule has 0 N–H and O–H groups in total. The number of rotatable bonds is 5. The first kappa shape index (κ1) is 14.3. The van der Waals surface area contributed by atoms with Crippen molar-refractivity contribution in [2.24, 2.45) is 5.92 Å². The Balaban J connectivity index is 1.62. The molecule has 2 aromatic rings. The second-order valence-electron chi connectivity index (χ2n) is 5.85. The second kappa shape index (κ2) is 6.41. The van der Waals surface area contributed by atoms with E-state index in [1.54, 1.807) is 6.26 Å². The van der Waals surface area contributed by atoms with Crippen LogP contribution in [0.5, 0.6) is 0 Å². The van der Waals surface area contributed by atoms with Crippen LogP contribution in [-0.4, -0.2) is 44.0 Å². The fourth-order valence-electron chi connectivity index (χ4n) is 2.98. The molecule has 0 aliphatic carbocycles. The van der Waals surface area contributed by atoms with Crippen molar-refractivity contribution >= 4 is 16.8 Å². The highest BCUT2D eigenvalue weighted by molar-refractivity contribution is 6.08. The minimum Gasteiger partial charge on any atom is -0.464 e. The van der Waals surface area contributed by atoms with Gasteiger partial charge in [-0.15, -0.1) is 0 Å². The first-order chi connectivity index (χ1) is 10.2. The zero-order valence-corrected chi connectivity index (χ0v) is 12.4. The lowest BCUT2D eigenvalue weighted by atomic mass is 10.0. The maximum absolute atomic E-state index is 12.4. The van der Waals surface area contributed by atoms with Crippen molar-refractivity contribution in [1.29, 1.82) is 0 Å². The van der Waals surface area contributed by atoms with Crippen LogP contribution in [0.25, 0.3) is 11.0 Å². The number of fused-ring (bicyclic) bond motifs is 1. The van der Waals surface area contributed by atoms with Crippen LogP contribution in [0.1, 0.15) is 23.2 Å². The number of furan rings is 1. The molecule has 21 heavy (non-hydrogen) atoms. The number of ketones is 1. The van der Waals surface area contributed by atoms with Gasteiger partial charge in [-0.3, -0.25) is 9.69 Å². The number of carbonyl (C=O) groups excluding carboxylic acids is 1. The number of para-hydroxylation sites is 1. The summed E-state index contributed by atoms with van der Waals surface area (Å²) in [6.07, 6.45) is 3.89. The van der Waals surface area contributed by atoms with Crippen LogP contribution in [0.15, 0.2) is 34.9 Å². The summed E-state index contributed by atoms with van der Waals surface area (Å²) in [6.45, 7) is 3.01. The molecule has 0 radical (unpaired) electrons. The van der Waals surface area contributed by atoms with Gasteiger partial charge in [-0.1, -0.05) is 18.2 Å². The lowest BCUT2D eigenvalue weighted by Gasteiger charge is -2.26. The Kier molecular flexibility index (Phi) is 4.36. The number of ether oxygens (including phenoxy) is 1. The largest absolute Gasteiger partial charge is 0.464 e. The third-order valence-corrected chi connectivity index (χ3v) is 4.02. The highest BCUT2D eigenvalue weighted by Crippen LogP contribution is 2.21. The number of carbonyl (C=O) groups is 1. The van der Waals surface area contributed by atoms with Gasteiger partial charge in [-0.2, -0.15) is 0 Å². The van der Waals surface area contributed by atoms with Crippen LogP contribution < -0.4 is 0 Å². The van der Waals surface area contributed by atoms with Crippen molar-refractivity contribution in [2.75, 3.05) is 33.4 Å². The summed E-state index contributed by atoms with van der Waals surface area (Å²) in [7, 11) is 1.99. The van der Waals surface area contributed by atoms with E-state index in [9.17, 15) is 4.79 Å². The number of benzene rings is 1. The summed E-state index contributed by atoms with van der Waals surface area (Å²) in [4.78, 5) is 14.5. The Hall–Kier alpha value is -1.65. The number of nitrogens with zero attached hydrogens (tertiary/aromatic N) is 1. The van der Waals surface area contributed by atoms with Crippen LogP contribution >= 0.6 is 0 Å². The van der Waals surface area contributed by atoms with Crippen molar-refractivity contribution in [3.63, 3.8) is 0 Å². The zero-order valence-electron chi connectivity index (χ0n) is 12.4. The van der Waals surface area contributed by atoms with E-state index in [0.717, 1.165) is 37.1 Å². The lowest BCUT2D eigenvalue weighted by Crippen LogP contribution is -2.34. The number of hydrogen-bond donors (Lipinski definition) is 0. The van der Waals surface area contributed by atoms with Crippen LogP contribution in [0.3, 0.4) is 0 Å². The molecule has 1 unspecified atom stereocenters. The highest BCUT2D eigenvalue weighted by atomic mass is 16.5. The van der Waals surface area contributed by atoms with Gasteiger partial charge in [0.05, 0.1) is 18.7 Å². The molecule has 4 heteroatoms. The van der Waals surface area contributed by atoms with Crippen molar-refractivity contribution < 1.29 is 13.9 Å². The summed E-state index contributed by atoms with van der Waals surface area (Å²) in [5, 5.41) is 0.900. The van der Waals surface area contributed by atoms with Crippen molar-refractivity contribution in [3.8, 4) is 0 Å².